The molecule has 0 amide bonds. The Morgan fingerprint density at radius 1 is 0.933 bits per heavy atom. The smallest absolute Gasteiger partial charge is 0.158 e. The van der Waals surface area contributed by atoms with E-state index in [0.717, 1.165) is 12.8 Å². The molecule has 6 aliphatic rings. The Hall–Kier alpha value is -0.380. The monoisotopic (exact) mass is 224 g/mol. The molecule has 0 aromatic carbocycles. The third-order valence-electron chi connectivity index (χ3n) is 6.07. The molecule has 6 rings (SSSR count). The van der Waals surface area contributed by atoms with Crippen molar-refractivity contribution in [1.82, 2.24) is 0 Å². The molecule has 1 heterocycles. The second-order valence-electron chi connectivity index (χ2n) is 6.03. The molecule has 0 N–H and O–H groups in total. The summed E-state index contributed by atoms with van der Waals surface area (Å²) < 4.78 is 24.5. The molecule has 15 heavy (non-hydrogen) atoms. The molecular weight excluding hydrogens is 212 g/mol. The number of ketones is 1. The zero-order valence-electron chi connectivity index (χ0n) is 8.17. The maximum atomic E-state index is 12.2. The number of rotatable bonds is 0. The van der Waals surface area contributed by atoms with Crippen LogP contribution in [0.3, 0.4) is 0 Å². The molecular formula is C11H12O3S. The second kappa shape index (κ2) is 1.81. The van der Waals surface area contributed by atoms with E-state index in [0.29, 0.717) is 29.5 Å². The van der Waals surface area contributed by atoms with Crippen LogP contribution in [0.2, 0.25) is 0 Å². The van der Waals surface area contributed by atoms with Gasteiger partial charge in [0.2, 0.25) is 0 Å². The molecule has 1 saturated heterocycles. The van der Waals surface area contributed by atoms with Gasteiger partial charge in [0.1, 0.15) is 5.78 Å². The van der Waals surface area contributed by atoms with Crippen LogP contribution < -0.4 is 0 Å². The Labute approximate surface area is 88.1 Å². The number of fused-ring (bicyclic) bond motifs is 2. The summed E-state index contributed by atoms with van der Waals surface area (Å²) in [5.74, 6) is 1.90. The lowest BCUT2D eigenvalue weighted by Crippen LogP contribution is -2.55. The lowest BCUT2D eigenvalue weighted by atomic mass is 9.50. The molecule has 3 nitrogen and oxygen atoms in total. The first-order valence-corrected chi connectivity index (χ1v) is 7.51. The van der Waals surface area contributed by atoms with Crippen LogP contribution >= 0.6 is 0 Å². The van der Waals surface area contributed by atoms with E-state index >= 15 is 0 Å². The molecule has 1 aliphatic heterocycles. The number of hydrogen-bond donors (Lipinski definition) is 0. The zero-order valence-corrected chi connectivity index (χ0v) is 8.98. The molecule has 8 atom stereocenters. The third kappa shape index (κ3) is 0.500. The van der Waals surface area contributed by atoms with E-state index in [-0.39, 0.29) is 22.3 Å². The highest BCUT2D eigenvalue weighted by Gasteiger charge is 2.83. The Morgan fingerprint density at radius 3 is 2.47 bits per heavy atom. The van der Waals surface area contributed by atoms with Crippen molar-refractivity contribution in [3.05, 3.63) is 0 Å². The first-order chi connectivity index (χ1) is 7.14. The second-order valence-corrected chi connectivity index (χ2v) is 8.30. The van der Waals surface area contributed by atoms with Gasteiger partial charge in [0.15, 0.2) is 9.84 Å². The topological polar surface area (TPSA) is 51.2 Å². The summed E-state index contributed by atoms with van der Waals surface area (Å²) in [6.45, 7) is 0. The Bertz CT molecular complexity index is 508. The average Bonchev–Trinajstić information content (AvgIpc) is 2.36. The molecule has 5 saturated carbocycles. The van der Waals surface area contributed by atoms with Crippen LogP contribution in [-0.2, 0) is 14.6 Å². The predicted molar refractivity (Wildman–Crippen MR) is 51.7 cm³/mol. The van der Waals surface area contributed by atoms with Gasteiger partial charge in [0, 0.05) is 11.8 Å². The predicted octanol–water partition coefficient (Wildman–Crippen LogP) is 0.253. The first-order valence-electron chi connectivity index (χ1n) is 5.90. The van der Waals surface area contributed by atoms with E-state index < -0.39 is 9.84 Å². The quantitative estimate of drug-likeness (QED) is 0.593. The van der Waals surface area contributed by atoms with Crippen LogP contribution in [0.4, 0.5) is 0 Å². The highest BCUT2D eigenvalue weighted by Crippen LogP contribution is 2.76. The van der Waals surface area contributed by atoms with E-state index in [9.17, 15) is 13.2 Å². The Kier molecular flexibility index (Phi) is 0.944. The summed E-state index contributed by atoms with van der Waals surface area (Å²) in [7, 11) is -2.92. The Balaban J connectivity index is 1.90. The maximum Gasteiger partial charge on any atom is 0.158 e. The molecule has 0 unspecified atom stereocenters. The average molecular weight is 224 g/mol. The number of sulfone groups is 1. The van der Waals surface area contributed by atoms with Gasteiger partial charge in [-0.1, -0.05) is 0 Å². The van der Waals surface area contributed by atoms with Crippen LogP contribution in [0.25, 0.3) is 0 Å². The standard InChI is InChI=1S/C11H12O3S/c12-9-7-3-1-2-4-6-5(3)8(9)11(6)15(13,14)10(4)7/h3-8,10-11H,1-2H2/t3-,4+,5+,6+,7+,8+,10-,11+/m1/s1. The third-order valence-corrected chi connectivity index (χ3v) is 8.84. The van der Waals surface area contributed by atoms with E-state index in [1.807, 2.05) is 0 Å². The summed E-state index contributed by atoms with van der Waals surface area (Å²) >= 11 is 0. The molecule has 5 aliphatic carbocycles. The van der Waals surface area contributed by atoms with Crippen molar-refractivity contribution in [3.63, 3.8) is 0 Å². The van der Waals surface area contributed by atoms with Crippen molar-refractivity contribution in [1.29, 1.82) is 0 Å². The van der Waals surface area contributed by atoms with Gasteiger partial charge in [0.25, 0.3) is 0 Å². The van der Waals surface area contributed by atoms with Gasteiger partial charge in [-0.2, -0.15) is 0 Å². The van der Waals surface area contributed by atoms with Crippen molar-refractivity contribution >= 4 is 15.6 Å². The SMILES string of the molecule is O=C1[C@@H]2[C@@H]3CC[C@H]4[C@H]5[C@H]3[C@@H]1[C@H]5S(=O)(=O)[C@H]42. The summed E-state index contributed by atoms with van der Waals surface area (Å²) in [4.78, 5) is 12.1. The van der Waals surface area contributed by atoms with Gasteiger partial charge in [-0.15, -0.1) is 0 Å². The van der Waals surface area contributed by atoms with Gasteiger partial charge in [-0.25, -0.2) is 8.42 Å². The van der Waals surface area contributed by atoms with Crippen molar-refractivity contribution in [3.8, 4) is 0 Å². The van der Waals surface area contributed by atoms with Crippen molar-refractivity contribution < 1.29 is 13.2 Å². The number of carbonyl (C=O) groups excluding carboxylic acids is 1. The van der Waals surface area contributed by atoms with Crippen LogP contribution in [0, 0.1) is 35.5 Å². The van der Waals surface area contributed by atoms with Crippen LogP contribution in [0.15, 0.2) is 0 Å². The van der Waals surface area contributed by atoms with Crippen LogP contribution in [0.5, 0.6) is 0 Å². The van der Waals surface area contributed by atoms with Gasteiger partial charge >= 0.3 is 0 Å². The maximum absolute atomic E-state index is 12.2. The minimum atomic E-state index is -2.92. The lowest BCUT2D eigenvalue weighted by Gasteiger charge is -2.52. The fourth-order valence-electron chi connectivity index (χ4n) is 5.93. The van der Waals surface area contributed by atoms with Gasteiger partial charge < -0.3 is 0 Å². The summed E-state index contributed by atoms with van der Waals surface area (Å²) in [5, 5.41) is -0.472. The molecule has 0 radical (unpaired) electrons. The van der Waals surface area contributed by atoms with Gasteiger partial charge in [0.05, 0.1) is 10.5 Å². The molecule has 6 fully saturated rings. The molecule has 0 aromatic heterocycles. The van der Waals surface area contributed by atoms with E-state index in [2.05, 4.69) is 0 Å². The number of hydrogen-bond acceptors (Lipinski definition) is 3. The van der Waals surface area contributed by atoms with Gasteiger partial charge in [-0.3, -0.25) is 4.79 Å². The zero-order chi connectivity index (χ0) is 10.1. The molecule has 6 bridgehead atoms. The van der Waals surface area contributed by atoms with Gasteiger partial charge in [-0.05, 0) is 36.5 Å². The molecule has 0 aromatic rings. The molecule has 80 valence electrons. The molecule has 0 spiro atoms. The first kappa shape index (κ1) is 7.82. The van der Waals surface area contributed by atoms with E-state index in [1.54, 1.807) is 0 Å². The fourth-order valence-corrected chi connectivity index (χ4v) is 9.39. The summed E-state index contributed by atoms with van der Waals surface area (Å²) in [6, 6.07) is 0. The Morgan fingerprint density at radius 2 is 1.67 bits per heavy atom. The van der Waals surface area contributed by atoms with E-state index in [1.165, 1.54) is 0 Å². The largest absolute Gasteiger partial charge is 0.299 e. The highest BCUT2D eigenvalue weighted by molar-refractivity contribution is 7.93. The highest BCUT2D eigenvalue weighted by atomic mass is 32.2. The lowest BCUT2D eigenvalue weighted by molar-refractivity contribution is -0.126. The number of carbonyl (C=O) groups is 1. The minimum absolute atomic E-state index is 0.0588. The van der Waals surface area contributed by atoms with Crippen molar-refractivity contribution in [2.24, 2.45) is 35.5 Å². The normalized spacial score (nSPS) is 70.0. The summed E-state index contributed by atoms with van der Waals surface area (Å²) in [6.07, 6.45) is 2.19. The summed E-state index contributed by atoms with van der Waals surface area (Å²) in [5.41, 5.74) is 0. The number of Topliss-reactive ketones (excluding diaryl/α,β-unsaturated/α-hetero) is 1. The van der Waals surface area contributed by atoms with E-state index in [4.69, 9.17) is 0 Å². The van der Waals surface area contributed by atoms with Crippen molar-refractivity contribution in [2.75, 3.05) is 0 Å². The van der Waals surface area contributed by atoms with Crippen LogP contribution in [-0.4, -0.2) is 24.7 Å². The molecule has 4 heteroatoms. The van der Waals surface area contributed by atoms with Crippen molar-refractivity contribution in [2.45, 2.75) is 23.3 Å². The van der Waals surface area contributed by atoms with Crippen LogP contribution in [0.1, 0.15) is 12.8 Å². The fraction of sp³-hybridized carbons (Fsp3) is 0.909. The minimum Gasteiger partial charge on any atom is -0.299 e.